The molecule has 0 spiro atoms. The van der Waals surface area contributed by atoms with E-state index in [1.807, 2.05) is 0 Å². The summed E-state index contributed by atoms with van der Waals surface area (Å²) in [7, 11) is -3.99. The van der Waals surface area contributed by atoms with Crippen LogP contribution in [0.5, 0.6) is 0 Å². The van der Waals surface area contributed by atoms with Gasteiger partial charge in [-0.2, -0.15) is 0 Å². The maximum Gasteiger partial charge on any atom is 0.193 e. The molecule has 0 saturated heterocycles. The van der Waals surface area contributed by atoms with Crippen LogP contribution in [-0.4, -0.2) is 34.1 Å². The second-order valence-electron chi connectivity index (χ2n) is 14.1. The van der Waals surface area contributed by atoms with Gasteiger partial charge in [-0.1, -0.05) is 80.0 Å². The fourth-order valence-electron chi connectivity index (χ4n) is 4.98. The Bertz CT molecular complexity index is 778. The molecular weight excluding hydrogens is 452 g/mol. The van der Waals surface area contributed by atoms with Crippen molar-refractivity contribution in [3.8, 4) is 0 Å². The quantitative estimate of drug-likeness (QED) is 0.168. The Kier molecular flexibility index (Phi) is 8.84. The second kappa shape index (κ2) is 10.1. The molecule has 0 aromatic rings. The van der Waals surface area contributed by atoms with Gasteiger partial charge in [-0.05, 0) is 73.8 Å². The van der Waals surface area contributed by atoms with Crippen LogP contribution in [0.15, 0.2) is 24.3 Å². The van der Waals surface area contributed by atoms with Gasteiger partial charge in [-0.3, -0.25) is 4.79 Å². The Morgan fingerprint density at radius 2 is 1.56 bits per heavy atom. The van der Waals surface area contributed by atoms with Crippen LogP contribution in [0.1, 0.15) is 99.8 Å². The molecule has 0 unspecified atom stereocenters. The summed E-state index contributed by atoms with van der Waals surface area (Å²) in [6.07, 6.45) is 13.1. The number of ketones is 1. The summed E-state index contributed by atoms with van der Waals surface area (Å²) in [4.78, 5) is 12.6. The number of Topliss-reactive ketones (excluding diaryl/α,β-unsaturated/α-hetero) is 1. The SMILES string of the molecule is C=C1C(=O)CC[C@@]1(C=CC[C@@H](O[Si](C)(C)C(C)(C)C)C1(CCC)CCC1)O[Si](C)(C)C(C)(C)C. The molecule has 2 saturated carbocycles. The van der Waals surface area contributed by atoms with Crippen LogP contribution in [0, 0.1) is 5.41 Å². The van der Waals surface area contributed by atoms with E-state index in [9.17, 15) is 4.79 Å². The minimum Gasteiger partial charge on any atom is -0.413 e. The third-order valence-corrected chi connectivity index (χ3v) is 18.5. The van der Waals surface area contributed by atoms with Gasteiger partial charge in [0.2, 0.25) is 0 Å². The molecule has 0 heterocycles. The van der Waals surface area contributed by atoms with Crippen LogP contribution in [0.3, 0.4) is 0 Å². The Labute approximate surface area is 213 Å². The van der Waals surface area contributed by atoms with E-state index < -0.39 is 22.2 Å². The summed E-state index contributed by atoms with van der Waals surface area (Å²) in [5, 5.41) is 0.260. The lowest BCUT2D eigenvalue weighted by Crippen LogP contribution is -2.51. The molecule has 2 atom stereocenters. The van der Waals surface area contributed by atoms with Crippen LogP contribution in [0.2, 0.25) is 36.3 Å². The number of hydrogen-bond donors (Lipinski definition) is 0. The van der Waals surface area contributed by atoms with E-state index in [0.29, 0.717) is 23.8 Å². The molecule has 3 nitrogen and oxygen atoms in total. The molecule has 0 aromatic heterocycles. The van der Waals surface area contributed by atoms with E-state index in [-0.39, 0.29) is 22.0 Å². The summed E-state index contributed by atoms with van der Waals surface area (Å²) in [5.74, 6) is 0.152. The first-order valence-electron chi connectivity index (χ1n) is 13.6. The van der Waals surface area contributed by atoms with Crippen LogP contribution < -0.4 is 0 Å². The summed E-state index contributed by atoms with van der Waals surface area (Å²) in [6.45, 7) is 29.6. The predicted octanol–water partition coefficient (Wildman–Crippen LogP) is 8.97. The molecule has 0 aromatic carbocycles. The van der Waals surface area contributed by atoms with E-state index in [1.165, 1.54) is 32.1 Å². The van der Waals surface area contributed by atoms with Crippen LogP contribution in [0.25, 0.3) is 0 Å². The van der Waals surface area contributed by atoms with Gasteiger partial charge in [0.1, 0.15) is 5.60 Å². The van der Waals surface area contributed by atoms with Crippen LogP contribution in [-0.2, 0) is 13.6 Å². The zero-order chi connectivity index (χ0) is 26.2. The molecule has 2 rings (SSSR count). The fourth-order valence-corrected chi connectivity index (χ4v) is 7.90. The zero-order valence-electron chi connectivity index (χ0n) is 24.3. The molecule has 2 aliphatic carbocycles. The largest absolute Gasteiger partial charge is 0.413 e. The highest BCUT2D eigenvalue weighted by Crippen LogP contribution is 2.52. The summed E-state index contributed by atoms with van der Waals surface area (Å²) in [6, 6.07) is 0. The zero-order valence-corrected chi connectivity index (χ0v) is 26.3. The molecule has 2 fully saturated rings. The minimum atomic E-state index is -2.09. The van der Waals surface area contributed by atoms with Crippen molar-refractivity contribution in [1.82, 2.24) is 0 Å². The van der Waals surface area contributed by atoms with Crippen molar-refractivity contribution in [2.45, 2.75) is 148 Å². The molecule has 0 bridgehead atoms. The fraction of sp³-hybridized carbons (Fsp3) is 0.828. The Balaban J connectivity index is 2.36. The smallest absolute Gasteiger partial charge is 0.193 e. The highest BCUT2D eigenvalue weighted by atomic mass is 28.4. The topological polar surface area (TPSA) is 35.5 Å². The highest BCUT2D eigenvalue weighted by Gasteiger charge is 2.50. The van der Waals surface area contributed by atoms with Crippen molar-refractivity contribution in [2.75, 3.05) is 0 Å². The van der Waals surface area contributed by atoms with Crippen molar-refractivity contribution in [3.63, 3.8) is 0 Å². The van der Waals surface area contributed by atoms with Gasteiger partial charge >= 0.3 is 0 Å². The number of rotatable bonds is 10. The van der Waals surface area contributed by atoms with Crippen LogP contribution in [0.4, 0.5) is 0 Å². The van der Waals surface area contributed by atoms with Gasteiger partial charge in [0.25, 0.3) is 0 Å². The molecular formula is C29H54O3Si2. The van der Waals surface area contributed by atoms with E-state index in [1.54, 1.807) is 0 Å². The lowest BCUT2D eigenvalue weighted by molar-refractivity contribution is -0.114. The summed E-state index contributed by atoms with van der Waals surface area (Å²) < 4.78 is 14.1. The molecule has 0 N–H and O–H groups in total. The van der Waals surface area contributed by atoms with Gasteiger partial charge in [0, 0.05) is 12.0 Å². The molecule has 5 heteroatoms. The first-order valence-corrected chi connectivity index (χ1v) is 19.4. The third kappa shape index (κ3) is 6.07. The number of carbonyl (C=O) groups is 1. The van der Waals surface area contributed by atoms with E-state index >= 15 is 0 Å². The van der Waals surface area contributed by atoms with Gasteiger partial charge < -0.3 is 8.85 Å². The van der Waals surface area contributed by atoms with Crippen molar-refractivity contribution < 1.29 is 13.6 Å². The van der Waals surface area contributed by atoms with Gasteiger partial charge in [0.05, 0.1) is 6.10 Å². The standard InChI is InChI=1S/C29H54O3Si2/c1-13-18-28(19-15-20-28)25(31-33(9,10)26(3,4)5)16-14-21-29(22-17-24(30)23(29)2)32-34(11,12)27(6,7)8/h14,21,25H,2,13,15-20,22H2,1,3-12H3/t25-,29-/m1/s1. The maximum absolute atomic E-state index is 12.6. The van der Waals surface area contributed by atoms with Crippen LogP contribution >= 0.6 is 0 Å². The van der Waals surface area contributed by atoms with Gasteiger partial charge in [-0.15, -0.1) is 0 Å². The van der Waals surface area contributed by atoms with Crippen molar-refractivity contribution in [3.05, 3.63) is 24.3 Å². The van der Waals surface area contributed by atoms with Crippen molar-refractivity contribution in [2.24, 2.45) is 5.41 Å². The normalized spacial score (nSPS) is 25.1. The molecule has 34 heavy (non-hydrogen) atoms. The highest BCUT2D eigenvalue weighted by molar-refractivity contribution is 6.74. The van der Waals surface area contributed by atoms with E-state index in [4.69, 9.17) is 8.85 Å². The average molecular weight is 507 g/mol. The monoisotopic (exact) mass is 506 g/mol. The second-order valence-corrected chi connectivity index (χ2v) is 23.6. The molecule has 2 aliphatic rings. The molecule has 196 valence electrons. The Hall–Kier alpha value is -0.496. The summed E-state index contributed by atoms with van der Waals surface area (Å²) in [5.41, 5.74) is 0.284. The summed E-state index contributed by atoms with van der Waals surface area (Å²) >= 11 is 0. The van der Waals surface area contributed by atoms with Gasteiger partial charge in [0.15, 0.2) is 22.4 Å². The van der Waals surface area contributed by atoms with Gasteiger partial charge in [-0.25, -0.2) is 0 Å². The molecule has 0 radical (unpaired) electrons. The lowest BCUT2D eigenvalue weighted by Gasteiger charge is -2.51. The molecule has 0 aliphatic heterocycles. The lowest BCUT2D eigenvalue weighted by atomic mass is 9.62. The van der Waals surface area contributed by atoms with Crippen molar-refractivity contribution >= 4 is 22.4 Å². The first-order chi connectivity index (χ1) is 15.3. The third-order valence-electron chi connectivity index (χ3n) is 9.57. The first kappa shape index (κ1) is 29.7. The molecule has 0 amide bonds. The average Bonchev–Trinajstić information content (AvgIpc) is 2.90. The Morgan fingerprint density at radius 1 is 1.00 bits per heavy atom. The Morgan fingerprint density at radius 3 is 1.94 bits per heavy atom. The minimum absolute atomic E-state index is 0.0743. The predicted molar refractivity (Wildman–Crippen MR) is 151 cm³/mol. The van der Waals surface area contributed by atoms with E-state index in [0.717, 1.165) is 6.42 Å². The van der Waals surface area contributed by atoms with Crippen molar-refractivity contribution in [1.29, 1.82) is 0 Å². The number of carbonyl (C=O) groups excluding carboxylic acids is 1. The maximum atomic E-state index is 12.6. The van der Waals surface area contributed by atoms with E-state index in [2.05, 4.69) is 93.4 Å². The number of hydrogen-bond acceptors (Lipinski definition) is 3.